The van der Waals surface area contributed by atoms with Gasteiger partial charge < -0.3 is 0 Å². The largest absolute Gasteiger partial charge is 0.152 e. The SMILES string of the molecule is CC(CCc1ccsc1)c1ccccc1. The van der Waals surface area contributed by atoms with Gasteiger partial charge in [-0.3, -0.25) is 0 Å². The summed E-state index contributed by atoms with van der Waals surface area (Å²) in [5.74, 6) is 0.658. The van der Waals surface area contributed by atoms with Crippen molar-refractivity contribution in [1.82, 2.24) is 0 Å². The second-order valence-corrected chi connectivity index (χ2v) is 4.76. The first kappa shape index (κ1) is 10.4. The lowest BCUT2D eigenvalue weighted by Crippen LogP contribution is -1.95. The molecule has 0 fully saturated rings. The second-order valence-electron chi connectivity index (χ2n) is 3.98. The van der Waals surface area contributed by atoms with E-state index < -0.39 is 0 Å². The van der Waals surface area contributed by atoms with Crippen LogP contribution in [0.1, 0.15) is 30.4 Å². The Morgan fingerprint density at radius 3 is 2.60 bits per heavy atom. The quantitative estimate of drug-likeness (QED) is 0.706. The fourth-order valence-electron chi connectivity index (χ4n) is 1.77. The van der Waals surface area contributed by atoms with E-state index in [0.717, 1.165) is 0 Å². The Labute approximate surface area is 95.6 Å². The Morgan fingerprint density at radius 1 is 1.13 bits per heavy atom. The van der Waals surface area contributed by atoms with Crippen molar-refractivity contribution >= 4 is 11.3 Å². The molecule has 0 bridgehead atoms. The molecule has 0 saturated carbocycles. The zero-order valence-electron chi connectivity index (χ0n) is 9.02. The van der Waals surface area contributed by atoms with E-state index in [-0.39, 0.29) is 0 Å². The Morgan fingerprint density at radius 2 is 1.93 bits per heavy atom. The minimum absolute atomic E-state index is 0.658. The lowest BCUT2D eigenvalue weighted by Gasteiger charge is -2.10. The summed E-state index contributed by atoms with van der Waals surface area (Å²) in [6.45, 7) is 2.31. The highest BCUT2D eigenvalue weighted by Gasteiger charge is 2.04. The van der Waals surface area contributed by atoms with Gasteiger partial charge in [0.25, 0.3) is 0 Å². The molecular formula is C14H16S. The average molecular weight is 216 g/mol. The molecule has 2 rings (SSSR count). The number of rotatable bonds is 4. The monoisotopic (exact) mass is 216 g/mol. The van der Waals surface area contributed by atoms with Crippen LogP contribution in [-0.4, -0.2) is 0 Å². The smallest absolute Gasteiger partial charge is 0.00613 e. The van der Waals surface area contributed by atoms with Gasteiger partial charge in [0.05, 0.1) is 0 Å². The van der Waals surface area contributed by atoms with Crippen molar-refractivity contribution in [3.63, 3.8) is 0 Å². The highest BCUT2D eigenvalue weighted by atomic mass is 32.1. The topological polar surface area (TPSA) is 0 Å². The molecule has 0 spiro atoms. The standard InChI is InChI=1S/C14H16S/c1-12(14-5-3-2-4-6-14)7-8-13-9-10-15-11-13/h2-6,9-12H,7-8H2,1H3. The van der Waals surface area contributed by atoms with Crippen LogP contribution in [0.25, 0.3) is 0 Å². The Kier molecular flexibility index (Phi) is 3.57. The van der Waals surface area contributed by atoms with Crippen LogP contribution in [0.15, 0.2) is 47.2 Å². The number of hydrogen-bond acceptors (Lipinski definition) is 1. The van der Waals surface area contributed by atoms with Gasteiger partial charge in [0, 0.05) is 0 Å². The number of hydrogen-bond donors (Lipinski definition) is 0. The van der Waals surface area contributed by atoms with Crippen LogP contribution in [0.5, 0.6) is 0 Å². The van der Waals surface area contributed by atoms with Crippen molar-refractivity contribution in [1.29, 1.82) is 0 Å². The zero-order chi connectivity index (χ0) is 10.5. The van der Waals surface area contributed by atoms with Gasteiger partial charge in [-0.1, -0.05) is 37.3 Å². The van der Waals surface area contributed by atoms with Gasteiger partial charge in [-0.2, -0.15) is 11.3 Å². The van der Waals surface area contributed by atoms with Gasteiger partial charge in [0.1, 0.15) is 0 Å². The Balaban J connectivity index is 1.90. The summed E-state index contributed by atoms with van der Waals surface area (Å²) in [6.07, 6.45) is 2.43. The fraction of sp³-hybridized carbons (Fsp3) is 0.286. The molecule has 15 heavy (non-hydrogen) atoms. The van der Waals surface area contributed by atoms with Crippen molar-refractivity contribution < 1.29 is 0 Å². The lowest BCUT2D eigenvalue weighted by atomic mass is 9.95. The molecule has 1 unspecified atom stereocenters. The van der Waals surface area contributed by atoms with Gasteiger partial charge >= 0.3 is 0 Å². The molecule has 0 N–H and O–H groups in total. The Bertz CT molecular complexity index is 375. The van der Waals surface area contributed by atoms with Gasteiger partial charge in [-0.05, 0) is 46.7 Å². The predicted molar refractivity (Wildman–Crippen MR) is 67.5 cm³/mol. The van der Waals surface area contributed by atoms with E-state index in [9.17, 15) is 0 Å². The Hall–Kier alpha value is -1.08. The second kappa shape index (κ2) is 5.13. The van der Waals surface area contributed by atoms with Crippen LogP contribution in [0.4, 0.5) is 0 Å². The van der Waals surface area contributed by atoms with Crippen LogP contribution in [0.3, 0.4) is 0 Å². The molecule has 0 radical (unpaired) electrons. The molecule has 0 nitrogen and oxygen atoms in total. The van der Waals surface area contributed by atoms with Crippen molar-refractivity contribution in [2.24, 2.45) is 0 Å². The van der Waals surface area contributed by atoms with Crippen LogP contribution >= 0.6 is 11.3 Å². The maximum Gasteiger partial charge on any atom is -0.00613 e. The summed E-state index contributed by atoms with van der Waals surface area (Å²) in [5.41, 5.74) is 2.93. The van der Waals surface area contributed by atoms with E-state index in [1.54, 1.807) is 11.3 Å². The molecule has 78 valence electrons. The highest BCUT2D eigenvalue weighted by molar-refractivity contribution is 7.07. The van der Waals surface area contributed by atoms with Crippen LogP contribution in [0.2, 0.25) is 0 Å². The molecule has 1 aromatic carbocycles. The predicted octanol–water partition coefficient (Wildman–Crippen LogP) is 4.48. The van der Waals surface area contributed by atoms with Gasteiger partial charge in [0.15, 0.2) is 0 Å². The highest BCUT2D eigenvalue weighted by Crippen LogP contribution is 2.21. The average Bonchev–Trinajstić information content (AvgIpc) is 2.80. The molecule has 1 heteroatoms. The van der Waals surface area contributed by atoms with Crippen LogP contribution < -0.4 is 0 Å². The van der Waals surface area contributed by atoms with Gasteiger partial charge in [0.2, 0.25) is 0 Å². The summed E-state index contributed by atoms with van der Waals surface area (Å²) in [7, 11) is 0. The van der Waals surface area contributed by atoms with E-state index in [2.05, 4.69) is 54.1 Å². The summed E-state index contributed by atoms with van der Waals surface area (Å²) >= 11 is 1.79. The molecule has 0 aliphatic heterocycles. The van der Waals surface area contributed by atoms with Crippen LogP contribution in [-0.2, 0) is 6.42 Å². The van der Waals surface area contributed by atoms with Crippen LogP contribution in [0, 0.1) is 0 Å². The minimum Gasteiger partial charge on any atom is -0.152 e. The zero-order valence-corrected chi connectivity index (χ0v) is 9.84. The molecule has 1 heterocycles. The lowest BCUT2D eigenvalue weighted by molar-refractivity contribution is 0.680. The van der Waals surface area contributed by atoms with Gasteiger partial charge in [-0.15, -0.1) is 0 Å². The molecule has 1 aromatic heterocycles. The summed E-state index contributed by atoms with van der Waals surface area (Å²) in [5, 5.41) is 4.40. The van der Waals surface area contributed by atoms with E-state index in [1.165, 1.54) is 24.0 Å². The first-order valence-electron chi connectivity index (χ1n) is 5.42. The third-order valence-electron chi connectivity index (χ3n) is 2.81. The number of thiophene rings is 1. The molecule has 0 aliphatic carbocycles. The molecule has 0 saturated heterocycles. The molecule has 0 amide bonds. The summed E-state index contributed by atoms with van der Waals surface area (Å²) in [6, 6.07) is 13.0. The van der Waals surface area contributed by atoms with E-state index in [0.29, 0.717) is 5.92 Å². The van der Waals surface area contributed by atoms with E-state index >= 15 is 0 Å². The van der Waals surface area contributed by atoms with E-state index in [1.807, 2.05) is 0 Å². The van der Waals surface area contributed by atoms with Crippen molar-refractivity contribution in [3.05, 3.63) is 58.3 Å². The van der Waals surface area contributed by atoms with Crippen molar-refractivity contribution in [2.45, 2.75) is 25.7 Å². The normalized spacial score (nSPS) is 12.6. The summed E-state index contributed by atoms with van der Waals surface area (Å²) in [4.78, 5) is 0. The minimum atomic E-state index is 0.658. The molecular weight excluding hydrogens is 200 g/mol. The first-order valence-corrected chi connectivity index (χ1v) is 6.36. The maximum absolute atomic E-state index is 2.31. The first-order chi connectivity index (χ1) is 7.36. The summed E-state index contributed by atoms with van der Waals surface area (Å²) < 4.78 is 0. The van der Waals surface area contributed by atoms with Crippen molar-refractivity contribution in [3.8, 4) is 0 Å². The van der Waals surface area contributed by atoms with Crippen molar-refractivity contribution in [2.75, 3.05) is 0 Å². The molecule has 2 aromatic rings. The third kappa shape index (κ3) is 2.93. The van der Waals surface area contributed by atoms with Gasteiger partial charge in [-0.25, -0.2) is 0 Å². The maximum atomic E-state index is 2.31. The third-order valence-corrected chi connectivity index (χ3v) is 3.55. The molecule has 1 atom stereocenters. The number of aryl methyl sites for hydroxylation is 1. The van der Waals surface area contributed by atoms with E-state index in [4.69, 9.17) is 0 Å². The fourth-order valence-corrected chi connectivity index (χ4v) is 2.47. The molecule has 0 aliphatic rings. The number of benzene rings is 1.